The minimum absolute atomic E-state index is 0.00137. The van der Waals surface area contributed by atoms with Crippen molar-refractivity contribution in [1.82, 2.24) is 9.80 Å². The second kappa shape index (κ2) is 5.17. The molecule has 1 amide bonds. The maximum atomic E-state index is 12.4. The summed E-state index contributed by atoms with van der Waals surface area (Å²) in [7, 11) is 0. The van der Waals surface area contributed by atoms with Gasteiger partial charge in [-0.25, -0.2) is 0 Å². The van der Waals surface area contributed by atoms with Gasteiger partial charge in [-0.05, 0) is 32.1 Å². The zero-order valence-corrected chi connectivity index (χ0v) is 12.0. The first-order chi connectivity index (χ1) is 8.44. The smallest absolute Gasteiger partial charge is 0.239 e. The molecule has 0 bridgehead atoms. The molecule has 2 N–H and O–H groups in total. The van der Waals surface area contributed by atoms with Crippen molar-refractivity contribution in [2.45, 2.75) is 51.6 Å². The molecule has 0 aromatic heterocycles. The molecule has 2 fully saturated rings. The number of likely N-dealkylation sites (tertiary alicyclic amines) is 2. The third-order valence-corrected chi connectivity index (χ3v) is 4.72. The lowest BCUT2D eigenvalue weighted by molar-refractivity contribution is -0.141. The molecule has 1 atom stereocenters. The van der Waals surface area contributed by atoms with E-state index in [0.717, 1.165) is 39.0 Å². The number of rotatable bonds is 3. The molecule has 2 saturated heterocycles. The lowest BCUT2D eigenvalue weighted by Gasteiger charge is -2.53. The summed E-state index contributed by atoms with van der Waals surface area (Å²) in [6.07, 6.45) is 3.58. The summed E-state index contributed by atoms with van der Waals surface area (Å²) in [5, 5.41) is 0. The molecule has 4 nitrogen and oxygen atoms in total. The second-order valence-corrected chi connectivity index (χ2v) is 6.35. The molecule has 104 valence electrons. The van der Waals surface area contributed by atoms with Crippen molar-refractivity contribution in [3.8, 4) is 0 Å². The van der Waals surface area contributed by atoms with E-state index in [1.807, 2.05) is 11.8 Å². The predicted molar refractivity (Wildman–Crippen MR) is 73.2 cm³/mol. The third kappa shape index (κ3) is 2.54. The Morgan fingerprint density at radius 3 is 2.17 bits per heavy atom. The van der Waals surface area contributed by atoms with Gasteiger partial charge in [-0.2, -0.15) is 0 Å². The fourth-order valence-corrected chi connectivity index (χ4v) is 2.88. The van der Waals surface area contributed by atoms with E-state index in [-0.39, 0.29) is 11.6 Å². The summed E-state index contributed by atoms with van der Waals surface area (Å²) < 4.78 is 0. The monoisotopic (exact) mass is 253 g/mol. The first-order valence-corrected chi connectivity index (χ1v) is 7.26. The summed E-state index contributed by atoms with van der Waals surface area (Å²) >= 11 is 0. The molecule has 1 unspecified atom stereocenters. The number of hydrogen-bond donors (Lipinski definition) is 1. The van der Waals surface area contributed by atoms with Crippen LogP contribution in [-0.2, 0) is 4.79 Å². The maximum Gasteiger partial charge on any atom is 0.239 e. The molecule has 0 aromatic rings. The first kappa shape index (κ1) is 13.8. The molecule has 0 aliphatic carbocycles. The van der Waals surface area contributed by atoms with Crippen molar-refractivity contribution in [2.75, 3.05) is 26.2 Å². The van der Waals surface area contributed by atoms with Gasteiger partial charge in [-0.1, -0.05) is 13.8 Å². The van der Waals surface area contributed by atoms with Gasteiger partial charge in [0.2, 0.25) is 5.91 Å². The Morgan fingerprint density at radius 1 is 1.11 bits per heavy atom. The Kier molecular flexibility index (Phi) is 3.97. The molecule has 0 aromatic carbocycles. The number of nitrogens with zero attached hydrogens (tertiary/aromatic N) is 2. The van der Waals surface area contributed by atoms with Crippen LogP contribution in [0.5, 0.6) is 0 Å². The van der Waals surface area contributed by atoms with E-state index in [1.165, 1.54) is 6.42 Å². The number of nitrogens with two attached hydrogens (primary N) is 1. The number of hydrogen-bond acceptors (Lipinski definition) is 3. The number of piperidine rings is 1. The van der Waals surface area contributed by atoms with Crippen molar-refractivity contribution >= 4 is 5.91 Å². The lowest BCUT2D eigenvalue weighted by atomic mass is 9.79. The largest absolute Gasteiger partial charge is 0.341 e. The van der Waals surface area contributed by atoms with Crippen molar-refractivity contribution in [1.29, 1.82) is 0 Å². The van der Waals surface area contributed by atoms with Crippen LogP contribution in [0.1, 0.15) is 40.0 Å². The number of carbonyl (C=O) groups is 1. The van der Waals surface area contributed by atoms with Gasteiger partial charge in [-0.15, -0.1) is 0 Å². The molecule has 2 rings (SSSR count). The van der Waals surface area contributed by atoms with Crippen LogP contribution >= 0.6 is 0 Å². The molecule has 4 heteroatoms. The summed E-state index contributed by atoms with van der Waals surface area (Å²) in [6.45, 7) is 9.93. The third-order valence-electron chi connectivity index (χ3n) is 4.72. The lowest BCUT2D eigenvalue weighted by Crippen LogP contribution is -2.73. The average Bonchev–Trinajstić information content (AvgIpc) is 2.34. The fraction of sp³-hybridized carbons (Fsp3) is 0.929. The Bertz CT molecular complexity index is 304. The predicted octanol–water partition coefficient (Wildman–Crippen LogP) is 1.06. The molecule has 18 heavy (non-hydrogen) atoms. The minimum atomic E-state index is -0.0869. The Balaban J connectivity index is 1.85. The van der Waals surface area contributed by atoms with E-state index < -0.39 is 0 Å². The van der Waals surface area contributed by atoms with E-state index in [9.17, 15) is 4.79 Å². The standard InChI is InChI=1S/C14H27N3O/c1-11(2)14(15)9-17(10-14)12(3)13(18)16-7-5-4-6-8-16/h11-12H,4-10,15H2,1-3H3. The van der Waals surface area contributed by atoms with Crippen LogP contribution in [0.3, 0.4) is 0 Å². The van der Waals surface area contributed by atoms with Crippen molar-refractivity contribution < 1.29 is 4.79 Å². The van der Waals surface area contributed by atoms with Gasteiger partial charge in [0.25, 0.3) is 0 Å². The first-order valence-electron chi connectivity index (χ1n) is 7.26. The normalized spacial score (nSPS) is 25.9. The second-order valence-electron chi connectivity index (χ2n) is 6.35. The summed E-state index contributed by atoms with van der Waals surface area (Å²) in [4.78, 5) is 16.6. The quantitative estimate of drug-likeness (QED) is 0.818. The van der Waals surface area contributed by atoms with Crippen LogP contribution in [0.4, 0.5) is 0 Å². The van der Waals surface area contributed by atoms with Gasteiger partial charge in [0.05, 0.1) is 6.04 Å². The van der Waals surface area contributed by atoms with Gasteiger partial charge in [0, 0.05) is 31.7 Å². The summed E-state index contributed by atoms with van der Waals surface area (Å²) in [5.41, 5.74) is 6.20. The van der Waals surface area contributed by atoms with Gasteiger partial charge in [0.15, 0.2) is 0 Å². The Labute approximate surface area is 110 Å². The highest BCUT2D eigenvalue weighted by molar-refractivity contribution is 5.81. The summed E-state index contributed by atoms with van der Waals surface area (Å²) in [6, 6.07) is -0.00137. The van der Waals surface area contributed by atoms with Gasteiger partial charge in [-0.3, -0.25) is 9.69 Å². The van der Waals surface area contributed by atoms with E-state index in [1.54, 1.807) is 0 Å². The Hall–Kier alpha value is -0.610. The minimum Gasteiger partial charge on any atom is -0.341 e. The van der Waals surface area contributed by atoms with Crippen LogP contribution in [0, 0.1) is 5.92 Å². The highest BCUT2D eigenvalue weighted by Crippen LogP contribution is 2.28. The molecule has 2 aliphatic rings. The SMILES string of the molecule is CC(C(=O)N1CCCCC1)N1CC(N)(C(C)C)C1. The van der Waals surface area contributed by atoms with Gasteiger partial charge < -0.3 is 10.6 Å². The van der Waals surface area contributed by atoms with Gasteiger partial charge >= 0.3 is 0 Å². The van der Waals surface area contributed by atoms with Crippen LogP contribution < -0.4 is 5.73 Å². The summed E-state index contributed by atoms with van der Waals surface area (Å²) in [5.74, 6) is 0.770. The van der Waals surface area contributed by atoms with Crippen LogP contribution in [0.25, 0.3) is 0 Å². The van der Waals surface area contributed by atoms with E-state index in [2.05, 4.69) is 18.7 Å². The van der Waals surface area contributed by atoms with Crippen molar-refractivity contribution in [2.24, 2.45) is 11.7 Å². The average molecular weight is 253 g/mol. The zero-order valence-electron chi connectivity index (χ0n) is 12.0. The van der Waals surface area contributed by atoms with Crippen molar-refractivity contribution in [3.63, 3.8) is 0 Å². The molecule has 0 spiro atoms. The highest BCUT2D eigenvalue weighted by atomic mass is 16.2. The van der Waals surface area contributed by atoms with E-state index in [0.29, 0.717) is 11.8 Å². The molecule has 2 aliphatic heterocycles. The highest BCUT2D eigenvalue weighted by Gasteiger charge is 2.45. The fourth-order valence-electron chi connectivity index (χ4n) is 2.88. The maximum absolute atomic E-state index is 12.4. The van der Waals surface area contributed by atoms with E-state index in [4.69, 9.17) is 5.73 Å². The van der Waals surface area contributed by atoms with Crippen LogP contribution in [0.15, 0.2) is 0 Å². The van der Waals surface area contributed by atoms with Crippen LogP contribution in [-0.4, -0.2) is 53.5 Å². The number of amides is 1. The van der Waals surface area contributed by atoms with Gasteiger partial charge in [0.1, 0.15) is 0 Å². The molecular weight excluding hydrogens is 226 g/mol. The van der Waals surface area contributed by atoms with Crippen LogP contribution in [0.2, 0.25) is 0 Å². The number of carbonyl (C=O) groups excluding carboxylic acids is 1. The topological polar surface area (TPSA) is 49.6 Å². The molecule has 2 heterocycles. The Morgan fingerprint density at radius 2 is 1.67 bits per heavy atom. The zero-order chi connectivity index (χ0) is 13.3. The molecular formula is C14H27N3O. The van der Waals surface area contributed by atoms with Crippen molar-refractivity contribution in [3.05, 3.63) is 0 Å². The van der Waals surface area contributed by atoms with E-state index >= 15 is 0 Å². The molecule has 0 radical (unpaired) electrons. The molecule has 0 saturated carbocycles.